The van der Waals surface area contributed by atoms with Crippen molar-refractivity contribution in [1.82, 2.24) is 4.98 Å². The molecule has 0 amide bonds. The van der Waals surface area contributed by atoms with Crippen molar-refractivity contribution in [2.75, 3.05) is 0 Å². The van der Waals surface area contributed by atoms with Crippen LogP contribution in [0.2, 0.25) is 0 Å². The van der Waals surface area contributed by atoms with Gasteiger partial charge in [0.1, 0.15) is 0 Å². The summed E-state index contributed by atoms with van der Waals surface area (Å²) in [6, 6.07) is 24.9. The Kier molecular flexibility index (Phi) is 3.53. The van der Waals surface area contributed by atoms with E-state index in [-0.39, 0.29) is 0 Å². The fourth-order valence-electron chi connectivity index (χ4n) is 3.07. The molecule has 0 saturated heterocycles. The summed E-state index contributed by atoms with van der Waals surface area (Å²) in [5, 5.41) is 14.3. The van der Waals surface area contributed by atoms with Gasteiger partial charge in [0, 0.05) is 12.4 Å². The first-order chi connectivity index (χ1) is 11.9. The zero-order chi connectivity index (χ0) is 16.4. The van der Waals surface area contributed by atoms with E-state index in [1.54, 1.807) is 12.4 Å². The highest BCUT2D eigenvalue weighted by atomic mass is 14.6. The van der Waals surface area contributed by atoms with E-state index in [0.717, 1.165) is 16.5 Å². The molecule has 2 nitrogen and oxygen atoms in total. The Morgan fingerprint density at radius 3 is 2.25 bits per heavy atom. The number of allylic oxidation sites excluding steroid dienone is 1. The van der Waals surface area contributed by atoms with Crippen LogP contribution in [0, 0.1) is 11.3 Å². The van der Waals surface area contributed by atoms with E-state index in [1.807, 2.05) is 30.3 Å². The van der Waals surface area contributed by atoms with Crippen LogP contribution in [0.5, 0.6) is 0 Å². The average Bonchev–Trinajstić information content (AvgIpc) is 2.66. The monoisotopic (exact) mass is 306 g/mol. The molecule has 0 unspecified atom stereocenters. The summed E-state index contributed by atoms with van der Waals surface area (Å²) in [5.41, 5.74) is 2.57. The maximum atomic E-state index is 9.59. The highest BCUT2D eigenvalue weighted by Gasteiger charge is 2.07. The molecule has 0 aliphatic rings. The number of fused-ring (bicyclic) bond motifs is 3. The fourth-order valence-corrected chi connectivity index (χ4v) is 3.07. The van der Waals surface area contributed by atoms with E-state index < -0.39 is 0 Å². The minimum Gasteiger partial charge on any atom is -0.265 e. The van der Waals surface area contributed by atoms with E-state index in [4.69, 9.17) is 0 Å². The Labute approximate surface area is 140 Å². The van der Waals surface area contributed by atoms with Gasteiger partial charge >= 0.3 is 0 Å². The molecule has 112 valence electrons. The zero-order valence-corrected chi connectivity index (χ0v) is 13.0. The van der Waals surface area contributed by atoms with Gasteiger partial charge in [-0.15, -0.1) is 0 Å². The number of nitriles is 1. The molecule has 0 aliphatic carbocycles. The van der Waals surface area contributed by atoms with Gasteiger partial charge in [0.2, 0.25) is 0 Å². The quantitative estimate of drug-likeness (QED) is 0.364. The lowest BCUT2D eigenvalue weighted by atomic mass is 9.95. The van der Waals surface area contributed by atoms with Crippen LogP contribution in [0.1, 0.15) is 11.1 Å². The van der Waals surface area contributed by atoms with Gasteiger partial charge in [0.25, 0.3) is 0 Å². The first-order valence-electron chi connectivity index (χ1n) is 7.79. The normalized spacial score (nSPS) is 11.5. The van der Waals surface area contributed by atoms with Gasteiger partial charge in [0.15, 0.2) is 0 Å². The summed E-state index contributed by atoms with van der Waals surface area (Å²) in [5.74, 6) is 0. The molecule has 0 atom stereocenters. The summed E-state index contributed by atoms with van der Waals surface area (Å²) in [7, 11) is 0. The lowest BCUT2D eigenvalue weighted by Gasteiger charge is -2.08. The summed E-state index contributed by atoms with van der Waals surface area (Å²) >= 11 is 0. The van der Waals surface area contributed by atoms with Gasteiger partial charge in [-0.25, -0.2) is 0 Å². The van der Waals surface area contributed by atoms with Crippen LogP contribution in [-0.4, -0.2) is 4.98 Å². The van der Waals surface area contributed by atoms with Crippen LogP contribution in [0.25, 0.3) is 33.2 Å². The molecule has 1 heterocycles. The third-order valence-corrected chi connectivity index (χ3v) is 4.21. The average molecular weight is 306 g/mol. The third kappa shape index (κ3) is 2.43. The highest BCUT2D eigenvalue weighted by Crippen LogP contribution is 2.31. The summed E-state index contributed by atoms with van der Waals surface area (Å²) in [6.07, 6.45) is 5.38. The fraction of sp³-hybridized carbons (Fsp3) is 0. The SMILES string of the molecule is N#C/C(=C\c1cc2ccccc2c2ccccc12)c1ccncc1. The maximum Gasteiger partial charge on any atom is 0.0998 e. The summed E-state index contributed by atoms with van der Waals surface area (Å²) < 4.78 is 0. The standard InChI is InChI=1S/C22H14N2/c23-15-19(16-9-11-24-12-10-16)14-18-13-17-5-1-2-6-20(17)22-8-4-3-7-21(18)22/h1-14H/b19-14+. The van der Waals surface area contributed by atoms with Gasteiger partial charge in [-0.1, -0.05) is 48.5 Å². The molecule has 1 aromatic heterocycles. The van der Waals surface area contributed by atoms with Gasteiger partial charge in [-0.05, 0) is 56.9 Å². The molecule has 2 heteroatoms. The largest absolute Gasteiger partial charge is 0.265 e. The lowest BCUT2D eigenvalue weighted by molar-refractivity contribution is 1.32. The Morgan fingerprint density at radius 2 is 1.50 bits per heavy atom. The van der Waals surface area contributed by atoms with Crippen molar-refractivity contribution >= 4 is 33.2 Å². The minimum absolute atomic E-state index is 0.637. The third-order valence-electron chi connectivity index (χ3n) is 4.21. The first kappa shape index (κ1) is 14.2. The molecular weight excluding hydrogens is 292 g/mol. The zero-order valence-electron chi connectivity index (χ0n) is 13.0. The molecule has 0 bridgehead atoms. The number of hydrogen-bond donors (Lipinski definition) is 0. The minimum atomic E-state index is 0.637. The van der Waals surface area contributed by atoms with Gasteiger partial charge in [-0.3, -0.25) is 4.98 Å². The second-order valence-electron chi connectivity index (χ2n) is 5.64. The predicted octanol–water partition coefficient (Wildman–Crippen LogP) is 5.45. The van der Waals surface area contributed by atoms with E-state index in [1.165, 1.54) is 16.2 Å². The van der Waals surface area contributed by atoms with Crippen molar-refractivity contribution in [2.45, 2.75) is 0 Å². The van der Waals surface area contributed by atoms with Gasteiger partial charge in [0.05, 0.1) is 11.6 Å². The molecule has 4 aromatic rings. The predicted molar refractivity (Wildman–Crippen MR) is 99.2 cm³/mol. The smallest absolute Gasteiger partial charge is 0.0998 e. The van der Waals surface area contributed by atoms with Crippen molar-refractivity contribution in [2.24, 2.45) is 0 Å². The van der Waals surface area contributed by atoms with Crippen LogP contribution >= 0.6 is 0 Å². The first-order valence-corrected chi connectivity index (χ1v) is 7.79. The number of hydrogen-bond acceptors (Lipinski definition) is 2. The van der Waals surface area contributed by atoms with Crippen molar-refractivity contribution in [3.8, 4) is 6.07 Å². The molecule has 0 N–H and O–H groups in total. The van der Waals surface area contributed by atoms with Crippen molar-refractivity contribution in [3.05, 3.63) is 90.3 Å². The van der Waals surface area contributed by atoms with E-state index in [0.29, 0.717) is 5.57 Å². The molecular formula is C22H14N2. The van der Waals surface area contributed by atoms with Crippen LogP contribution in [0.15, 0.2) is 79.1 Å². The van der Waals surface area contributed by atoms with Crippen LogP contribution < -0.4 is 0 Å². The maximum absolute atomic E-state index is 9.59. The molecule has 24 heavy (non-hydrogen) atoms. The second-order valence-corrected chi connectivity index (χ2v) is 5.64. The van der Waals surface area contributed by atoms with Gasteiger partial charge in [-0.2, -0.15) is 5.26 Å². The second kappa shape index (κ2) is 5.98. The molecule has 0 aliphatic heterocycles. The van der Waals surface area contributed by atoms with Crippen LogP contribution in [-0.2, 0) is 0 Å². The van der Waals surface area contributed by atoms with E-state index in [9.17, 15) is 5.26 Å². The topological polar surface area (TPSA) is 36.7 Å². The number of pyridine rings is 1. The number of nitrogens with zero attached hydrogens (tertiary/aromatic N) is 2. The molecule has 0 radical (unpaired) electrons. The van der Waals surface area contributed by atoms with E-state index in [2.05, 4.69) is 53.5 Å². The van der Waals surface area contributed by atoms with Crippen LogP contribution in [0.3, 0.4) is 0 Å². The molecule has 0 spiro atoms. The Balaban J connectivity index is 2.02. The molecule has 0 saturated carbocycles. The number of aromatic nitrogens is 1. The van der Waals surface area contributed by atoms with E-state index >= 15 is 0 Å². The number of rotatable bonds is 2. The number of benzene rings is 3. The van der Waals surface area contributed by atoms with Crippen molar-refractivity contribution < 1.29 is 0 Å². The molecule has 3 aromatic carbocycles. The Bertz CT molecular complexity index is 1100. The van der Waals surface area contributed by atoms with Crippen molar-refractivity contribution in [3.63, 3.8) is 0 Å². The Morgan fingerprint density at radius 1 is 0.833 bits per heavy atom. The molecule has 4 rings (SSSR count). The lowest BCUT2D eigenvalue weighted by Crippen LogP contribution is -1.86. The van der Waals surface area contributed by atoms with Crippen molar-refractivity contribution in [1.29, 1.82) is 5.26 Å². The Hall–Kier alpha value is -3.44. The van der Waals surface area contributed by atoms with Gasteiger partial charge < -0.3 is 0 Å². The molecule has 0 fully saturated rings. The summed E-state index contributed by atoms with van der Waals surface area (Å²) in [6.45, 7) is 0. The highest BCUT2D eigenvalue weighted by molar-refractivity contribution is 6.12. The summed E-state index contributed by atoms with van der Waals surface area (Å²) in [4.78, 5) is 4.02. The van der Waals surface area contributed by atoms with Crippen LogP contribution in [0.4, 0.5) is 0 Å².